The summed E-state index contributed by atoms with van der Waals surface area (Å²) in [6.07, 6.45) is 0. The van der Waals surface area contributed by atoms with Gasteiger partial charge >= 0.3 is 0 Å². The van der Waals surface area contributed by atoms with Gasteiger partial charge in [-0.1, -0.05) is 58.9 Å². The summed E-state index contributed by atoms with van der Waals surface area (Å²) in [5.74, 6) is 0. The fraction of sp³-hybridized carbons (Fsp3) is 1.00. The second kappa shape index (κ2) is 3.83. The van der Waals surface area contributed by atoms with E-state index < -0.39 is 24.2 Å². The van der Waals surface area contributed by atoms with E-state index in [1.165, 1.54) is 0 Å². The fourth-order valence-electron chi connectivity index (χ4n) is 3.38. The normalized spacial score (nSPS) is 15.9. The summed E-state index contributed by atoms with van der Waals surface area (Å²) in [6, 6.07) is 0. The van der Waals surface area contributed by atoms with E-state index in [1.807, 2.05) is 0 Å². The van der Waals surface area contributed by atoms with Crippen molar-refractivity contribution in [1.29, 1.82) is 0 Å². The van der Waals surface area contributed by atoms with Gasteiger partial charge in [0, 0.05) is 24.2 Å². The maximum Gasteiger partial charge on any atom is 0.0168 e. The molecule has 86 valence electrons. The standard InChI is InChI=1S/C10H28PSi3/c1-12(2,3)10(11,13(4,5)6)14(7,8)9/h11H,1-9H3/q-1. The Bertz CT molecular complexity index is 169. The Hall–Kier alpha value is 1.08. The first kappa shape index (κ1) is 15.1. The van der Waals surface area contributed by atoms with E-state index in [2.05, 4.69) is 68.2 Å². The molecule has 0 aliphatic rings. The van der Waals surface area contributed by atoms with Crippen LogP contribution in [0.1, 0.15) is 0 Å². The zero-order valence-corrected chi connectivity index (χ0v) is 15.5. The van der Waals surface area contributed by atoms with Crippen LogP contribution >= 0.6 is 9.24 Å². The Kier molecular flexibility index (Phi) is 4.13. The van der Waals surface area contributed by atoms with E-state index >= 15 is 0 Å². The molecule has 0 saturated heterocycles. The summed E-state index contributed by atoms with van der Waals surface area (Å²) in [5, 5.41) is 0. The molecule has 0 rings (SSSR count). The van der Waals surface area contributed by atoms with Crippen LogP contribution in [0.3, 0.4) is 0 Å². The molecule has 0 unspecified atom stereocenters. The van der Waals surface area contributed by atoms with Crippen molar-refractivity contribution >= 4 is 33.5 Å². The van der Waals surface area contributed by atoms with Crippen molar-refractivity contribution in [3.8, 4) is 0 Å². The lowest BCUT2D eigenvalue weighted by atomic mass is 11.6. The highest BCUT2D eigenvalue weighted by Gasteiger charge is 2.49. The first-order valence-corrected chi connectivity index (χ1v) is 16.5. The van der Waals surface area contributed by atoms with E-state index in [4.69, 9.17) is 0 Å². The summed E-state index contributed by atoms with van der Waals surface area (Å²) in [5.41, 5.74) is 0. The van der Waals surface area contributed by atoms with E-state index in [-0.39, 0.29) is 0 Å². The van der Waals surface area contributed by atoms with Gasteiger partial charge in [0.25, 0.3) is 0 Å². The van der Waals surface area contributed by atoms with Crippen LogP contribution in [0, 0.1) is 0 Å². The second-order valence-corrected chi connectivity index (χ2v) is 27.0. The highest BCUT2D eigenvalue weighted by atomic mass is 31.0. The van der Waals surface area contributed by atoms with Gasteiger partial charge in [-0.3, -0.25) is 0 Å². The van der Waals surface area contributed by atoms with Crippen LogP contribution < -0.4 is 0 Å². The minimum atomic E-state index is -1.14. The van der Waals surface area contributed by atoms with Gasteiger partial charge in [0.2, 0.25) is 0 Å². The van der Waals surface area contributed by atoms with Crippen molar-refractivity contribution in [3.05, 3.63) is 0 Å². The summed E-state index contributed by atoms with van der Waals surface area (Å²) in [6.45, 7) is 22.7. The molecular weight excluding hydrogens is 235 g/mol. The van der Waals surface area contributed by atoms with Crippen LogP contribution in [0.2, 0.25) is 58.9 Å². The van der Waals surface area contributed by atoms with Crippen molar-refractivity contribution in [2.24, 2.45) is 0 Å². The van der Waals surface area contributed by atoms with E-state index in [1.54, 1.807) is 0 Å². The third-order valence-corrected chi connectivity index (χ3v) is 30.4. The molecule has 0 aromatic rings. The fourth-order valence-corrected chi connectivity index (χ4v) is 30.4. The molecule has 0 fully saturated rings. The number of hydrogen-bond acceptors (Lipinski definition) is 0. The van der Waals surface area contributed by atoms with Crippen molar-refractivity contribution in [3.63, 3.8) is 0 Å². The van der Waals surface area contributed by atoms with Crippen molar-refractivity contribution in [2.75, 3.05) is 0 Å². The zero-order valence-electron chi connectivity index (χ0n) is 11.5. The second-order valence-electron chi connectivity index (χ2n) is 7.50. The number of rotatable bonds is 3. The molecule has 0 nitrogen and oxygen atoms in total. The first-order chi connectivity index (χ1) is 5.75. The molecule has 0 radical (unpaired) electrons. The molecule has 14 heavy (non-hydrogen) atoms. The van der Waals surface area contributed by atoms with Crippen LogP contribution in [0.5, 0.6) is 0 Å². The Morgan fingerprint density at radius 3 is 0.714 bits per heavy atom. The predicted molar refractivity (Wildman–Crippen MR) is 81.1 cm³/mol. The van der Waals surface area contributed by atoms with Gasteiger partial charge in [-0.15, -0.1) is 0 Å². The molecule has 0 amide bonds. The van der Waals surface area contributed by atoms with E-state index in [0.29, 0.717) is 4.03 Å². The third-order valence-electron chi connectivity index (χ3n) is 3.38. The monoisotopic (exact) mass is 263 g/mol. The average Bonchev–Trinajstić information content (AvgIpc) is 1.77. The Balaban J connectivity index is 5.54. The molecule has 0 aliphatic carbocycles. The van der Waals surface area contributed by atoms with Gasteiger partial charge in [-0.05, 0) is 0 Å². The molecule has 0 N–H and O–H groups in total. The molecular formula is C10H28PSi3-. The van der Waals surface area contributed by atoms with Crippen molar-refractivity contribution < 1.29 is 0 Å². The van der Waals surface area contributed by atoms with Crippen LogP contribution in [-0.4, -0.2) is 28.2 Å². The quantitative estimate of drug-likeness (QED) is 0.519. The minimum Gasteiger partial charge on any atom is -0.560 e. The molecule has 0 heterocycles. The van der Waals surface area contributed by atoms with Crippen LogP contribution in [0.25, 0.3) is 0 Å². The summed E-state index contributed by atoms with van der Waals surface area (Å²) in [4.78, 5) is 0. The van der Waals surface area contributed by atoms with Gasteiger partial charge in [-0.2, -0.15) is 4.03 Å². The molecule has 0 aromatic carbocycles. The molecule has 0 atom stereocenters. The van der Waals surface area contributed by atoms with Crippen LogP contribution in [0.4, 0.5) is 0 Å². The lowest BCUT2D eigenvalue weighted by Crippen LogP contribution is -2.73. The average molecular weight is 264 g/mol. The molecule has 0 bridgehead atoms. The van der Waals surface area contributed by atoms with Gasteiger partial charge in [0.15, 0.2) is 0 Å². The van der Waals surface area contributed by atoms with Gasteiger partial charge in [0.1, 0.15) is 0 Å². The molecule has 0 aromatic heterocycles. The molecule has 0 aliphatic heterocycles. The maximum absolute atomic E-state index is 4.29. The first-order valence-electron chi connectivity index (χ1n) is 5.50. The smallest absolute Gasteiger partial charge is 0.0168 e. The molecule has 4 heteroatoms. The minimum absolute atomic E-state index is 0.535. The van der Waals surface area contributed by atoms with Crippen LogP contribution in [0.15, 0.2) is 0 Å². The zero-order chi connectivity index (χ0) is 12.0. The lowest BCUT2D eigenvalue weighted by Gasteiger charge is -2.65. The van der Waals surface area contributed by atoms with E-state index in [9.17, 15) is 0 Å². The Morgan fingerprint density at radius 2 is 0.714 bits per heavy atom. The van der Waals surface area contributed by atoms with Crippen molar-refractivity contribution in [1.82, 2.24) is 0 Å². The number of hydrogen-bond donors (Lipinski definition) is 0. The summed E-state index contributed by atoms with van der Waals surface area (Å²) in [7, 11) is 0.858. The predicted octanol–water partition coefficient (Wildman–Crippen LogP) is 4.50. The maximum atomic E-state index is 4.29. The topological polar surface area (TPSA) is 0 Å². The SMILES string of the molecule is C[Si](C)(C)C([PH-])([Si](C)(C)C)[Si](C)(C)C. The Morgan fingerprint density at radius 1 is 0.571 bits per heavy atom. The van der Waals surface area contributed by atoms with E-state index in [0.717, 1.165) is 0 Å². The lowest BCUT2D eigenvalue weighted by molar-refractivity contribution is 1.28. The summed E-state index contributed by atoms with van der Waals surface area (Å²) >= 11 is 0. The summed E-state index contributed by atoms with van der Waals surface area (Å²) < 4.78 is 0.535. The van der Waals surface area contributed by atoms with Gasteiger partial charge < -0.3 is 9.24 Å². The van der Waals surface area contributed by atoms with Gasteiger partial charge in [-0.25, -0.2) is 0 Å². The van der Waals surface area contributed by atoms with Gasteiger partial charge in [0.05, 0.1) is 0 Å². The highest BCUT2D eigenvalue weighted by Crippen LogP contribution is 2.45. The van der Waals surface area contributed by atoms with Crippen molar-refractivity contribution in [2.45, 2.75) is 62.9 Å². The third kappa shape index (κ3) is 2.42. The Labute approximate surface area is 96.5 Å². The largest absolute Gasteiger partial charge is 0.560 e. The molecule has 0 saturated carbocycles. The molecule has 0 spiro atoms. The van der Waals surface area contributed by atoms with Crippen LogP contribution in [-0.2, 0) is 0 Å². The highest BCUT2D eigenvalue weighted by molar-refractivity contribution is 7.45.